The van der Waals surface area contributed by atoms with Gasteiger partial charge in [0.15, 0.2) is 0 Å². The summed E-state index contributed by atoms with van der Waals surface area (Å²) < 4.78 is 0. The third kappa shape index (κ3) is 5.69. The van der Waals surface area contributed by atoms with E-state index in [1.54, 1.807) is 0 Å². The lowest BCUT2D eigenvalue weighted by molar-refractivity contribution is -0.137. The summed E-state index contributed by atoms with van der Waals surface area (Å²) in [5.41, 5.74) is 1.24. The van der Waals surface area contributed by atoms with Crippen LogP contribution in [0.4, 0.5) is 5.69 Å². The predicted molar refractivity (Wildman–Crippen MR) is 93.6 cm³/mol. The molecule has 0 aromatic heterocycles. The van der Waals surface area contributed by atoms with Gasteiger partial charge in [-0.3, -0.25) is 4.79 Å². The van der Waals surface area contributed by atoms with Gasteiger partial charge in [-0.15, -0.1) is 0 Å². The number of nitrogens with zero attached hydrogens (tertiary/aromatic N) is 2. The van der Waals surface area contributed by atoms with Gasteiger partial charge in [0.1, 0.15) is 5.69 Å². The second-order valence-electron chi connectivity index (χ2n) is 5.40. The van der Waals surface area contributed by atoms with Crippen LogP contribution in [-0.2, 0) is 4.79 Å². The van der Waals surface area contributed by atoms with Crippen LogP contribution in [0.1, 0.15) is 41.2 Å². The van der Waals surface area contributed by atoms with Crippen molar-refractivity contribution in [3.63, 3.8) is 0 Å². The number of rotatable bonds is 8. The Morgan fingerprint density at radius 2 is 1.80 bits per heavy atom. The first-order chi connectivity index (χ1) is 12.0. The topological polar surface area (TPSA) is 99.3 Å². The lowest BCUT2D eigenvalue weighted by Gasteiger charge is -2.11. The minimum Gasteiger partial charge on any atom is -0.481 e. The molecule has 1 atom stereocenters. The maximum absolute atomic E-state index is 11.1. The summed E-state index contributed by atoms with van der Waals surface area (Å²) in [6.07, 6.45) is 1.01. The van der Waals surface area contributed by atoms with E-state index in [0.29, 0.717) is 17.9 Å². The molecule has 0 spiro atoms. The van der Waals surface area contributed by atoms with Crippen molar-refractivity contribution in [3.05, 3.63) is 64.7 Å². The SMILES string of the molecule is O=C(O)CCCC(N=Nc1cc(C(=O)O)ccc1Cl)c1ccccc1. The highest BCUT2D eigenvalue weighted by Crippen LogP contribution is 2.30. The van der Waals surface area contributed by atoms with Gasteiger partial charge in [-0.05, 0) is 36.6 Å². The predicted octanol–water partition coefficient (Wildman–Crippen LogP) is 5.12. The Kier molecular flexibility index (Phi) is 6.65. The van der Waals surface area contributed by atoms with E-state index in [9.17, 15) is 9.59 Å². The van der Waals surface area contributed by atoms with Gasteiger partial charge < -0.3 is 10.2 Å². The Hall–Kier alpha value is -2.73. The summed E-state index contributed by atoms with van der Waals surface area (Å²) >= 11 is 6.05. The normalized spacial score (nSPS) is 12.2. The van der Waals surface area contributed by atoms with Gasteiger partial charge >= 0.3 is 11.9 Å². The Balaban J connectivity index is 2.23. The number of aliphatic carboxylic acids is 1. The van der Waals surface area contributed by atoms with E-state index in [-0.39, 0.29) is 23.7 Å². The molecule has 1 unspecified atom stereocenters. The fourth-order valence-corrected chi connectivity index (χ4v) is 2.42. The van der Waals surface area contributed by atoms with E-state index < -0.39 is 11.9 Å². The number of aromatic carboxylic acids is 1. The summed E-state index contributed by atoms with van der Waals surface area (Å²) in [6.45, 7) is 0. The van der Waals surface area contributed by atoms with E-state index in [1.165, 1.54) is 18.2 Å². The highest BCUT2D eigenvalue weighted by Gasteiger charge is 2.12. The van der Waals surface area contributed by atoms with Crippen molar-refractivity contribution >= 4 is 29.2 Å². The zero-order valence-corrected chi connectivity index (χ0v) is 14.1. The largest absolute Gasteiger partial charge is 0.481 e. The summed E-state index contributed by atoms with van der Waals surface area (Å²) in [7, 11) is 0. The van der Waals surface area contributed by atoms with Crippen molar-refractivity contribution in [2.45, 2.75) is 25.3 Å². The molecule has 0 aliphatic heterocycles. The van der Waals surface area contributed by atoms with Crippen LogP contribution in [-0.4, -0.2) is 22.2 Å². The smallest absolute Gasteiger partial charge is 0.335 e. The van der Waals surface area contributed by atoms with Crippen molar-refractivity contribution in [2.75, 3.05) is 0 Å². The number of benzene rings is 2. The Morgan fingerprint density at radius 1 is 1.08 bits per heavy atom. The molecule has 130 valence electrons. The summed E-state index contributed by atoms with van der Waals surface area (Å²) in [5.74, 6) is -1.94. The van der Waals surface area contributed by atoms with Crippen molar-refractivity contribution in [3.8, 4) is 0 Å². The minimum absolute atomic E-state index is 0.0497. The molecule has 25 heavy (non-hydrogen) atoms. The maximum atomic E-state index is 11.1. The molecule has 7 heteroatoms. The van der Waals surface area contributed by atoms with E-state index in [1.807, 2.05) is 30.3 Å². The van der Waals surface area contributed by atoms with Crippen LogP contribution >= 0.6 is 11.6 Å². The molecule has 0 saturated carbocycles. The molecule has 2 rings (SSSR count). The molecule has 2 aromatic carbocycles. The molecule has 0 radical (unpaired) electrons. The van der Waals surface area contributed by atoms with Crippen LogP contribution in [0.5, 0.6) is 0 Å². The average Bonchev–Trinajstić information content (AvgIpc) is 2.59. The van der Waals surface area contributed by atoms with Crippen LogP contribution in [0.15, 0.2) is 58.8 Å². The van der Waals surface area contributed by atoms with E-state index in [0.717, 1.165) is 5.56 Å². The van der Waals surface area contributed by atoms with Crippen LogP contribution in [0.2, 0.25) is 5.02 Å². The lowest BCUT2D eigenvalue weighted by Crippen LogP contribution is -1.99. The molecule has 2 N–H and O–H groups in total. The molecule has 0 aliphatic rings. The first-order valence-corrected chi connectivity index (χ1v) is 8.05. The number of halogens is 1. The van der Waals surface area contributed by atoms with Crippen LogP contribution in [0.3, 0.4) is 0 Å². The molecule has 0 fully saturated rings. The lowest BCUT2D eigenvalue weighted by atomic mass is 10.0. The second kappa shape index (κ2) is 8.94. The summed E-state index contributed by atoms with van der Waals surface area (Å²) in [6, 6.07) is 13.3. The fraction of sp³-hybridized carbons (Fsp3) is 0.222. The molecule has 0 amide bonds. The van der Waals surface area contributed by atoms with Gasteiger partial charge in [-0.1, -0.05) is 41.9 Å². The molecule has 0 aliphatic carbocycles. The third-order valence-corrected chi connectivity index (χ3v) is 3.87. The van der Waals surface area contributed by atoms with Gasteiger partial charge in [-0.25, -0.2) is 4.79 Å². The molecule has 6 nitrogen and oxygen atoms in total. The second-order valence-corrected chi connectivity index (χ2v) is 5.81. The molecule has 0 heterocycles. The van der Waals surface area contributed by atoms with Crippen LogP contribution in [0, 0.1) is 0 Å². The van der Waals surface area contributed by atoms with Gasteiger partial charge in [0.05, 0.1) is 16.6 Å². The number of carboxylic acid groups (broad SMARTS) is 2. The molecular weight excluding hydrogens is 344 g/mol. The van der Waals surface area contributed by atoms with E-state index in [4.69, 9.17) is 21.8 Å². The van der Waals surface area contributed by atoms with Gasteiger partial charge in [0.2, 0.25) is 0 Å². The first kappa shape index (κ1) is 18.6. The van der Waals surface area contributed by atoms with Crippen molar-refractivity contribution in [1.82, 2.24) is 0 Å². The zero-order valence-electron chi connectivity index (χ0n) is 13.3. The molecule has 0 saturated heterocycles. The Bertz CT molecular complexity index is 778. The summed E-state index contributed by atoms with van der Waals surface area (Å²) in [4.78, 5) is 21.8. The van der Waals surface area contributed by atoms with Gasteiger partial charge in [0.25, 0.3) is 0 Å². The van der Waals surface area contributed by atoms with Crippen LogP contribution < -0.4 is 0 Å². The highest BCUT2D eigenvalue weighted by molar-refractivity contribution is 6.33. The number of azo groups is 1. The van der Waals surface area contributed by atoms with Crippen LogP contribution in [0.25, 0.3) is 0 Å². The van der Waals surface area contributed by atoms with E-state index >= 15 is 0 Å². The Labute approximate surface area is 149 Å². The van der Waals surface area contributed by atoms with Crippen molar-refractivity contribution in [2.24, 2.45) is 10.2 Å². The molecular formula is C18H17ClN2O4. The maximum Gasteiger partial charge on any atom is 0.335 e. The van der Waals surface area contributed by atoms with Crippen molar-refractivity contribution < 1.29 is 19.8 Å². The van der Waals surface area contributed by atoms with Gasteiger partial charge in [0, 0.05) is 6.42 Å². The highest BCUT2D eigenvalue weighted by atomic mass is 35.5. The minimum atomic E-state index is -1.07. The standard InChI is InChI=1S/C18H17ClN2O4/c19-14-10-9-13(18(24)25)11-16(14)21-20-15(7-4-8-17(22)23)12-5-2-1-3-6-12/h1-3,5-6,9-11,15H,4,7-8H2,(H,22,23)(H,24,25). The average molecular weight is 361 g/mol. The summed E-state index contributed by atoms with van der Waals surface area (Å²) in [5, 5.41) is 26.5. The number of carbonyl (C=O) groups is 2. The monoisotopic (exact) mass is 360 g/mol. The number of hydrogen-bond acceptors (Lipinski definition) is 4. The first-order valence-electron chi connectivity index (χ1n) is 7.68. The Morgan fingerprint density at radius 3 is 2.44 bits per heavy atom. The number of carboxylic acids is 2. The molecule has 2 aromatic rings. The van der Waals surface area contributed by atoms with Gasteiger partial charge in [-0.2, -0.15) is 10.2 Å². The van der Waals surface area contributed by atoms with Crippen molar-refractivity contribution in [1.29, 1.82) is 0 Å². The quantitative estimate of drug-likeness (QED) is 0.638. The third-order valence-electron chi connectivity index (χ3n) is 3.55. The zero-order chi connectivity index (χ0) is 18.2. The molecule has 0 bridgehead atoms. The number of hydrogen-bond donors (Lipinski definition) is 2. The fourth-order valence-electron chi connectivity index (χ4n) is 2.27. The van der Waals surface area contributed by atoms with E-state index in [2.05, 4.69) is 10.2 Å².